The van der Waals surface area contributed by atoms with E-state index in [4.69, 9.17) is 9.15 Å². The fourth-order valence-electron chi connectivity index (χ4n) is 4.93. The Labute approximate surface area is 197 Å². The molecule has 4 heterocycles. The molecule has 2 aliphatic heterocycles. The van der Waals surface area contributed by atoms with Crippen molar-refractivity contribution in [2.24, 2.45) is 11.8 Å². The number of amides is 1. The second-order valence-corrected chi connectivity index (χ2v) is 9.06. The van der Waals surface area contributed by atoms with Gasteiger partial charge in [-0.05, 0) is 31.0 Å². The standard InChI is InChI=1S/C24H30N6O4/c1-16-27-28-22(34-16)6-7-30-20-5-3-2-4-19(20)26-23(30)21(31)13-17-12-18(15-25-14-17)24(32)29-8-10-33-11-9-29/h2-5,17-18,25H,6-15H2,1H3/t17?,18-/m1/s1. The van der Waals surface area contributed by atoms with Crippen molar-refractivity contribution in [1.82, 2.24) is 30.0 Å². The van der Waals surface area contributed by atoms with Gasteiger partial charge in [-0.1, -0.05) is 12.1 Å². The maximum Gasteiger partial charge on any atom is 0.227 e. The van der Waals surface area contributed by atoms with Crippen LogP contribution in [0.5, 0.6) is 0 Å². The summed E-state index contributed by atoms with van der Waals surface area (Å²) in [5, 5.41) is 11.3. The lowest BCUT2D eigenvalue weighted by atomic mass is 9.86. The summed E-state index contributed by atoms with van der Waals surface area (Å²) in [6.07, 6.45) is 1.57. The molecule has 3 aromatic rings. The average Bonchev–Trinajstić information content (AvgIpc) is 3.46. The average molecular weight is 467 g/mol. The topological polar surface area (TPSA) is 115 Å². The van der Waals surface area contributed by atoms with E-state index in [0.29, 0.717) is 76.3 Å². The van der Waals surface area contributed by atoms with Crippen molar-refractivity contribution in [3.05, 3.63) is 41.9 Å². The Balaban J connectivity index is 1.29. The molecular weight excluding hydrogens is 436 g/mol. The highest BCUT2D eigenvalue weighted by Gasteiger charge is 2.32. The molecular formula is C24H30N6O4. The third-order valence-corrected chi connectivity index (χ3v) is 6.61. The number of aryl methyl sites for hydroxylation is 3. The van der Waals surface area contributed by atoms with Crippen LogP contribution in [0.4, 0.5) is 0 Å². The molecule has 0 saturated carbocycles. The lowest BCUT2D eigenvalue weighted by Crippen LogP contribution is -2.49. The summed E-state index contributed by atoms with van der Waals surface area (Å²) < 4.78 is 12.8. The number of piperidine rings is 1. The van der Waals surface area contributed by atoms with Crippen LogP contribution in [0.3, 0.4) is 0 Å². The van der Waals surface area contributed by atoms with Crippen LogP contribution >= 0.6 is 0 Å². The number of morpholine rings is 1. The van der Waals surface area contributed by atoms with E-state index >= 15 is 0 Å². The molecule has 0 radical (unpaired) electrons. The van der Waals surface area contributed by atoms with Crippen LogP contribution in [-0.4, -0.2) is 75.7 Å². The summed E-state index contributed by atoms with van der Waals surface area (Å²) in [5.41, 5.74) is 1.69. The monoisotopic (exact) mass is 466 g/mol. The number of Topliss-reactive ketones (excluding diaryl/α,β-unsaturated/α-hetero) is 1. The van der Waals surface area contributed by atoms with Crippen molar-refractivity contribution in [1.29, 1.82) is 0 Å². The fraction of sp³-hybridized carbons (Fsp3) is 0.542. The van der Waals surface area contributed by atoms with Crippen LogP contribution in [0.1, 0.15) is 35.2 Å². The zero-order chi connectivity index (χ0) is 23.5. The molecule has 2 aromatic heterocycles. The number of nitrogens with one attached hydrogen (secondary N) is 1. The zero-order valence-electron chi connectivity index (χ0n) is 19.4. The lowest BCUT2D eigenvalue weighted by molar-refractivity contribution is -0.140. The van der Waals surface area contributed by atoms with E-state index in [1.54, 1.807) is 6.92 Å². The third kappa shape index (κ3) is 4.88. The van der Waals surface area contributed by atoms with E-state index in [1.807, 2.05) is 33.7 Å². The molecule has 180 valence electrons. The number of para-hydroxylation sites is 2. The normalized spacial score (nSPS) is 21.1. The van der Waals surface area contributed by atoms with Gasteiger partial charge in [0.1, 0.15) is 0 Å². The highest BCUT2D eigenvalue weighted by Crippen LogP contribution is 2.25. The van der Waals surface area contributed by atoms with E-state index in [1.165, 1.54) is 0 Å². The Hall–Kier alpha value is -3.11. The summed E-state index contributed by atoms with van der Waals surface area (Å²) in [6.45, 7) is 6.12. The van der Waals surface area contributed by atoms with Crippen LogP contribution in [0.25, 0.3) is 11.0 Å². The van der Waals surface area contributed by atoms with E-state index < -0.39 is 0 Å². The number of hydrogen-bond acceptors (Lipinski definition) is 8. The quantitative estimate of drug-likeness (QED) is 0.523. The molecule has 5 rings (SSSR count). The van der Waals surface area contributed by atoms with Crippen molar-refractivity contribution in [2.45, 2.75) is 32.7 Å². The predicted octanol–water partition coefficient (Wildman–Crippen LogP) is 1.63. The Morgan fingerprint density at radius 2 is 1.97 bits per heavy atom. The van der Waals surface area contributed by atoms with Crippen LogP contribution in [-0.2, 0) is 22.5 Å². The van der Waals surface area contributed by atoms with Crippen LogP contribution in [0, 0.1) is 18.8 Å². The Morgan fingerprint density at radius 1 is 1.15 bits per heavy atom. The molecule has 34 heavy (non-hydrogen) atoms. The van der Waals surface area contributed by atoms with Gasteiger partial charge in [0.25, 0.3) is 0 Å². The van der Waals surface area contributed by atoms with Crippen molar-refractivity contribution < 1.29 is 18.7 Å². The number of imidazole rings is 1. The first-order valence-electron chi connectivity index (χ1n) is 11.9. The second kappa shape index (κ2) is 10.0. The highest BCUT2D eigenvalue weighted by molar-refractivity contribution is 5.96. The van der Waals surface area contributed by atoms with Gasteiger partial charge in [0.2, 0.25) is 17.7 Å². The van der Waals surface area contributed by atoms with Crippen LogP contribution in [0.2, 0.25) is 0 Å². The van der Waals surface area contributed by atoms with E-state index in [-0.39, 0.29) is 23.5 Å². The van der Waals surface area contributed by atoms with Gasteiger partial charge >= 0.3 is 0 Å². The first kappa shape index (κ1) is 22.7. The molecule has 2 aliphatic rings. The first-order chi connectivity index (χ1) is 16.6. The lowest BCUT2D eigenvalue weighted by Gasteiger charge is -2.34. The molecule has 2 atom stereocenters. The van der Waals surface area contributed by atoms with Crippen molar-refractivity contribution >= 4 is 22.7 Å². The number of nitrogens with zero attached hydrogens (tertiary/aromatic N) is 5. The summed E-state index contributed by atoms with van der Waals surface area (Å²) >= 11 is 0. The number of hydrogen-bond donors (Lipinski definition) is 1. The zero-order valence-corrected chi connectivity index (χ0v) is 19.4. The summed E-state index contributed by atoms with van der Waals surface area (Å²) in [5.74, 6) is 1.63. The minimum absolute atomic E-state index is 0.0100. The number of benzene rings is 1. The number of rotatable bonds is 7. The van der Waals surface area contributed by atoms with Gasteiger partial charge in [-0.3, -0.25) is 9.59 Å². The Kier molecular flexibility index (Phi) is 6.68. The number of carbonyl (C=O) groups excluding carboxylic acids is 2. The highest BCUT2D eigenvalue weighted by atomic mass is 16.5. The summed E-state index contributed by atoms with van der Waals surface area (Å²) in [6, 6.07) is 7.75. The van der Waals surface area contributed by atoms with E-state index in [0.717, 1.165) is 17.6 Å². The van der Waals surface area contributed by atoms with Gasteiger partial charge in [-0.15, -0.1) is 10.2 Å². The Bertz CT molecular complexity index is 1170. The molecule has 0 aliphatic carbocycles. The van der Waals surface area contributed by atoms with Gasteiger partial charge in [-0.2, -0.15) is 0 Å². The molecule has 1 unspecified atom stereocenters. The fourth-order valence-corrected chi connectivity index (χ4v) is 4.93. The van der Waals surface area contributed by atoms with Gasteiger partial charge in [-0.25, -0.2) is 4.98 Å². The number of ether oxygens (including phenoxy) is 1. The molecule has 2 fully saturated rings. The second-order valence-electron chi connectivity index (χ2n) is 9.06. The third-order valence-electron chi connectivity index (χ3n) is 6.61. The molecule has 10 nitrogen and oxygen atoms in total. The first-order valence-corrected chi connectivity index (χ1v) is 11.9. The maximum atomic E-state index is 13.4. The minimum Gasteiger partial charge on any atom is -0.426 e. The van der Waals surface area contributed by atoms with Crippen LogP contribution < -0.4 is 5.32 Å². The van der Waals surface area contributed by atoms with Gasteiger partial charge in [0.15, 0.2) is 11.6 Å². The molecule has 2 saturated heterocycles. The molecule has 0 spiro atoms. The largest absolute Gasteiger partial charge is 0.426 e. The maximum absolute atomic E-state index is 13.4. The predicted molar refractivity (Wildman–Crippen MR) is 123 cm³/mol. The SMILES string of the molecule is Cc1nnc(CCn2c(C(=O)CC3CNC[C@H](C(=O)N4CCOCC4)C3)nc3ccccc32)o1. The molecule has 1 N–H and O–H groups in total. The number of ketones is 1. The number of fused-ring (bicyclic) bond motifs is 1. The van der Waals surface area contributed by atoms with Gasteiger partial charge < -0.3 is 23.9 Å². The van der Waals surface area contributed by atoms with E-state index in [9.17, 15) is 9.59 Å². The minimum atomic E-state index is -0.107. The van der Waals surface area contributed by atoms with Gasteiger partial charge in [0.05, 0.1) is 30.2 Å². The molecule has 1 amide bonds. The molecule has 1 aromatic carbocycles. The van der Waals surface area contributed by atoms with E-state index in [2.05, 4.69) is 20.5 Å². The Morgan fingerprint density at radius 3 is 2.76 bits per heavy atom. The smallest absolute Gasteiger partial charge is 0.227 e. The summed E-state index contributed by atoms with van der Waals surface area (Å²) in [7, 11) is 0. The summed E-state index contributed by atoms with van der Waals surface area (Å²) in [4.78, 5) is 32.9. The van der Waals surface area contributed by atoms with Crippen molar-refractivity contribution in [3.63, 3.8) is 0 Å². The number of carbonyl (C=O) groups is 2. The van der Waals surface area contributed by atoms with Crippen LogP contribution in [0.15, 0.2) is 28.7 Å². The van der Waals surface area contributed by atoms with Crippen molar-refractivity contribution in [3.8, 4) is 0 Å². The molecule has 10 heteroatoms. The number of aromatic nitrogens is 4. The molecule has 0 bridgehead atoms. The van der Waals surface area contributed by atoms with Crippen molar-refractivity contribution in [2.75, 3.05) is 39.4 Å². The van der Waals surface area contributed by atoms with Gasteiger partial charge in [0, 0.05) is 45.9 Å².